The maximum Gasteiger partial charge on any atom is 0.460 e. The zero-order valence-corrected chi connectivity index (χ0v) is 11.4. The lowest BCUT2D eigenvalue weighted by atomic mass is 10.0. The van der Waals surface area contributed by atoms with E-state index in [2.05, 4.69) is 0 Å². The first-order valence-electron chi connectivity index (χ1n) is 6.25. The summed E-state index contributed by atoms with van der Waals surface area (Å²) in [6.07, 6.45) is -7.05. The minimum atomic E-state index is -6.85. The second kappa shape index (κ2) is 6.45. The molecule has 0 atom stereocenters. The van der Waals surface area contributed by atoms with Gasteiger partial charge in [0.1, 0.15) is 0 Å². The van der Waals surface area contributed by atoms with E-state index in [9.17, 15) is 39.5 Å². The van der Waals surface area contributed by atoms with Gasteiger partial charge in [0, 0.05) is 0 Å². The summed E-state index contributed by atoms with van der Waals surface area (Å²) in [6.45, 7) is 0. The van der Waals surface area contributed by atoms with Crippen LogP contribution in [0.25, 0.3) is 0 Å². The monoisotopic (exact) mass is 350 g/mol. The third kappa shape index (κ3) is 4.00. The molecule has 0 saturated heterocycles. The molecule has 23 heavy (non-hydrogen) atoms. The molecule has 0 N–H and O–H groups in total. The smallest absolute Gasteiger partial charge is 0.195 e. The van der Waals surface area contributed by atoms with Gasteiger partial charge in [0.25, 0.3) is 0 Å². The Morgan fingerprint density at radius 2 is 1.26 bits per heavy atom. The van der Waals surface area contributed by atoms with Crippen LogP contribution in [0.2, 0.25) is 0 Å². The van der Waals surface area contributed by atoms with Crippen molar-refractivity contribution in [3.05, 3.63) is 48.0 Å². The van der Waals surface area contributed by atoms with Gasteiger partial charge < -0.3 is 0 Å². The lowest BCUT2D eigenvalue weighted by Crippen LogP contribution is -2.60. The Morgan fingerprint density at radius 1 is 0.739 bits per heavy atom. The van der Waals surface area contributed by atoms with Crippen LogP contribution in [-0.2, 0) is 6.42 Å². The summed E-state index contributed by atoms with van der Waals surface area (Å²) < 4.78 is 113. The molecule has 0 nitrogen and oxygen atoms in total. The first-order chi connectivity index (χ1) is 10.3. The number of halogens is 9. The van der Waals surface area contributed by atoms with E-state index in [4.69, 9.17) is 0 Å². The molecule has 0 heterocycles. The van der Waals surface area contributed by atoms with Crippen molar-refractivity contribution in [3.63, 3.8) is 0 Å². The van der Waals surface area contributed by atoms with Gasteiger partial charge in [-0.1, -0.05) is 36.4 Å². The van der Waals surface area contributed by atoms with Crippen LogP contribution >= 0.6 is 0 Å². The molecule has 0 aromatic heterocycles. The average Bonchev–Trinajstić information content (AvgIpc) is 2.43. The lowest BCUT2D eigenvalue weighted by Gasteiger charge is -2.32. The van der Waals surface area contributed by atoms with Crippen molar-refractivity contribution in [1.29, 1.82) is 0 Å². The Labute approximate surface area is 125 Å². The Hall–Kier alpha value is -1.67. The molecule has 0 aliphatic carbocycles. The average molecular weight is 350 g/mol. The van der Waals surface area contributed by atoms with E-state index in [-0.39, 0.29) is 12.8 Å². The van der Waals surface area contributed by atoms with E-state index >= 15 is 0 Å². The fraction of sp³-hybridized carbons (Fsp3) is 0.429. The number of hydrogen-bond acceptors (Lipinski definition) is 0. The van der Waals surface area contributed by atoms with Gasteiger partial charge in [-0.15, -0.1) is 0 Å². The molecule has 0 spiro atoms. The van der Waals surface area contributed by atoms with Crippen LogP contribution in [0, 0.1) is 0 Å². The molecular weight excluding hydrogens is 339 g/mol. The zero-order chi connectivity index (χ0) is 17.9. The molecule has 1 rings (SSSR count). The topological polar surface area (TPSA) is 0 Å². The van der Waals surface area contributed by atoms with Crippen LogP contribution in [-0.4, -0.2) is 23.9 Å². The normalized spacial score (nSPS) is 14.5. The van der Waals surface area contributed by atoms with E-state index in [1.165, 1.54) is 0 Å². The van der Waals surface area contributed by atoms with Gasteiger partial charge in [-0.25, -0.2) is 0 Å². The molecule has 0 aliphatic heterocycles. The highest BCUT2D eigenvalue weighted by Gasteiger charge is 2.81. The second-order valence-corrected chi connectivity index (χ2v) is 4.70. The Morgan fingerprint density at radius 3 is 1.74 bits per heavy atom. The van der Waals surface area contributed by atoms with Crippen molar-refractivity contribution >= 4 is 0 Å². The van der Waals surface area contributed by atoms with Crippen LogP contribution in [0.5, 0.6) is 0 Å². The summed E-state index contributed by atoms with van der Waals surface area (Å²) in [4.78, 5) is 0. The minimum Gasteiger partial charge on any atom is -0.195 e. The largest absolute Gasteiger partial charge is 0.460 e. The van der Waals surface area contributed by atoms with Crippen molar-refractivity contribution in [3.8, 4) is 0 Å². The first kappa shape index (κ1) is 19.4. The van der Waals surface area contributed by atoms with Gasteiger partial charge in [-0.05, 0) is 24.5 Å². The number of allylic oxidation sites excluding steroid dienone is 2. The van der Waals surface area contributed by atoms with Gasteiger partial charge >= 0.3 is 23.9 Å². The highest BCUT2D eigenvalue weighted by Crippen LogP contribution is 2.53. The summed E-state index contributed by atoms with van der Waals surface area (Å²) in [6, 6.07) is 8.15. The molecular formula is C14H11F9. The minimum absolute atomic E-state index is 0.134. The van der Waals surface area contributed by atoms with Crippen LogP contribution in [0.15, 0.2) is 42.5 Å². The SMILES string of the molecule is FC(F)(F)C(F)(F)C(F)(F)C(F)(F)/C=C/CCc1ccccc1. The van der Waals surface area contributed by atoms with E-state index in [1.54, 1.807) is 30.3 Å². The number of benzene rings is 1. The maximum atomic E-state index is 13.1. The molecule has 0 aliphatic rings. The molecule has 1 aromatic carbocycles. The molecule has 0 saturated carbocycles. The fourth-order valence-electron chi connectivity index (χ4n) is 1.62. The molecule has 0 fully saturated rings. The van der Waals surface area contributed by atoms with E-state index in [1.807, 2.05) is 0 Å². The van der Waals surface area contributed by atoms with E-state index < -0.39 is 30.0 Å². The van der Waals surface area contributed by atoms with Crippen molar-refractivity contribution in [2.75, 3.05) is 0 Å². The maximum absolute atomic E-state index is 13.1. The van der Waals surface area contributed by atoms with Crippen LogP contribution < -0.4 is 0 Å². The van der Waals surface area contributed by atoms with Crippen molar-refractivity contribution in [1.82, 2.24) is 0 Å². The summed E-state index contributed by atoms with van der Waals surface area (Å²) in [7, 11) is 0. The Kier molecular flexibility index (Phi) is 5.43. The summed E-state index contributed by atoms with van der Waals surface area (Å²) >= 11 is 0. The Balaban J connectivity index is 2.82. The van der Waals surface area contributed by atoms with E-state index in [0.29, 0.717) is 11.6 Å². The van der Waals surface area contributed by atoms with Crippen molar-refractivity contribution < 1.29 is 39.5 Å². The molecule has 0 bridgehead atoms. The molecule has 1 aromatic rings. The number of aryl methyl sites for hydroxylation is 1. The summed E-state index contributed by atoms with van der Waals surface area (Å²) in [5.41, 5.74) is 0.660. The summed E-state index contributed by atoms with van der Waals surface area (Å²) in [5.74, 6) is -19.1. The highest BCUT2D eigenvalue weighted by atomic mass is 19.4. The molecule has 9 heteroatoms. The van der Waals surface area contributed by atoms with Crippen LogP contribution in [0.4, 0.5) is 39.5 Å². The van der Waals surface area contributed by atoms with Gasteiger partial charge in [-0.2, -0.15) is 39.5 Å². The first-order valence-corrected chi connectivity index (χ1v) is 6.25. The molecule has 0 unspecified atom stereocenters. The molecule has 130 valence electrons. The lowest BCUT2D eigenvalue weighted by molar-refractivity contribution is -0.388. The highest BCUT2D eigenvalue weighted by molar-refractivity contribution is 5.16. The van der Waals surface area contributed by atoms with Gasteiger partial charge in [0.15, 0.2) is 0 Å². The van der Waals surface area contributed by atoms with Crippen LogP contribution in [0.1, 0.15) is 12.0 Å². The van der Waals surface area contributed by atoms with Gasteiger partial charge in [0.05, 0.1) is 0 Å². The third-order valence-electron chi connectivity index (χ3n) is 2.94. The second-order valence-electron chi connectivity index (χ2n) is 4.70. The van der Waals surface area contributed by atoms with Crippen molar-refractivity contribution in [2.45, 2.75) is 36.8 Å². The van der Waals surface area contributed by atoms with Crippen LogP contribution in [0.3, 0.4) is 0 Å². The third-order valence-corrected chi connectivity index (χ3v) is 2.94. The number of alkyl halides is 9. The molecule has 0 amide bonds. The predicted molar refractivity (Wildman–Crippen MR) is 64.8 cm³/mol. The molecule has 0 radical (unpaired) electrons. The van der Waals surface area contributed by atoms with E-state index in [0.717, 1.165) is 0 Å². The quantitative estimate of drug-likeness (QED) is 0.460. The fourth-order valence-corrected chi connectivity index (χ4v) is 1.62. The predicted octanol–water partition coefficient (Wildman–Crippen LogP) is 5.64. The van der Waals surface area contributed by atoms with Crippen molar-refractivity contribution in [2.24, 2.45) is 0 Å². The number of rotatable bonds is 6. The van der Waals surface area contributed by atoms with Gasteiger partial charge in [0.2, 0.25) is 0 Å². The zero-order valence-electron chi connectivity index (χ0n) is 11.4. The standard InChI is InChI=1S/C14H11F9/c15-11(16,12(17,18)13(19,20)14(21,22)23)9-5-4-8-10-6-2-1-3-7-10/h1-3,5-7,9H,4,8H2/b9-5+. The summed E-state index contributed by atoms with van der Waals surface area (Å²) in [5, 5.41) is 0. The number of hydrogen-bond donors (Lipinski definition) is 0. The Bertz CT molecular complexity index is 529. The van der Waals surface area contributed by atoms with Gasteiger partial charge in [-0.3, -0.25) is 0 Å².